The van der Waals surface area contributed by atoms with Crippen LogP contribution in [-0.2, 0) is 41.6 Å². The highest BCUT2D eigenvalue weighted by Gasteiger charge is 2.33. The Morgan fingerprint density at radius 1 is 0.827 bits per heavy atom. The van der Waals surface area contributed by atoms with Crippen molar-refractivity contribution in [2.24, 2.45) is 5.73 Å². The van der Waals surface area contributed by atoms with Crippen LogP contribution in [0.4, 0.5) is 4.79 Å². The maximum atomic E-state index is 13.9. The Morgan fingerprint density at radius 2 is 1.40 bits per heavy atom. The molecule has 0 spiro atoms. The smallest absolute Gasteiger partial charge is 0.407 e. The SMILES string of the molecule is C=CCOC(=O)NCCCC[C@H](NC(=O)[C@@H](NC(=O)[C@@H](N)CS)[C@@H](C)O)C(=O)N[C@@H](Cc1ccc(O)cc1)C(=O)N[C@@H](Cc1ccccc1)C(=O)O. The van der Waals surface area contributed by atoms with Gasteiger partial charge >= 0.3 is 12.1 Å². The third-order valence-corrected chi connectivity index (χ3v) is 8.05. The van der Waals surface area contributed by atoms with Gasteiger partial charge in [-0.3, -0.25) is 19.2 Å². The molecule has 0 bridgehead atoms. The second kappa shape index (κ2) is 22.6. The minimum Gasteiger partial charge on any atom is -0.508 e. The average Bonchev–Trinajstić information content (AvgIpc) is 3.12. The van der Waals surface area contributed by atoms with Crippen molar-refractivity contribution < 1.29 is 48.8 Å². The number of hydrogen-bond acceptors (Lipinski definition) is 11. The molecular formula is C35H48N6O10S. The van der Waals surface area contributed by atoms with Crippen molar-refractivity contribution in [3.63, 3.8) is 0 Å². The van der Waals surface area contributed by atoms with Crippen LogP contribution >= 0.6 is 12.6 Å². The lowest BCUT2D eigenvalue weighted by Gasteiger charge is -2.27. The molecule has 10 N–H and O–H groups in total. The minimum absolute atomic E-state index is 0.0122. The summed E-state index contributed by atoms with van der Waals surface area (Å²) in [4.78, 5) is 77.3. The van der Waals surface area contributed by atoms with Gasteiger partial charge in [0.15, 0.2) is 0 Å². The summed E-state index contributed by atoms with van der Waals surface area (Å²) in [5.74, 6) is -4.73. The molecule has 284 valence electrons. The van der Waals surface area contributed by atoms with Gasteiger partial charge in [-0.05, 0) is 49.4 Å². The van der Waals surface area contributed by atoms with Gasteiger partial charge in [0.2, 0.25) is 23.6 Å². The highest BCUT2D eigenvalue weighted by molar-refractivity contribution is 7.80. The van der Waals surface area contributed by atoms with Crippen LogP contribution in [0.2, 0.25) is 0 Å². The number of aliphatic carboxylic acids is 1. The molecule has 5 amide bonds. The molecule has 0 radical (unpaired) electrons. The van der Waals surface area contributed by atoms with E-state index in [1.54, 1.807) is 30.3 Å². The van der Waals surface area contributed by atoms with Crippen molar-refractivity contribution in [3.05, 3.63) is 78.4 Å². The minimum atomic E-state index is -1.51. The van der Waals surface area contributed by atoms with E-state index in [0.29, 0.717) is 17.5 Å². The molecule has 52 heavy (non-hydrogen) atoms. The molecular weight excluding hydrogens is 696 g/mol. The number of benzene rings is 2. The summed E-state index contributed by atoms with van der Waals surface area (Å²) >= 11 is 3.98. The molecule has 2 aromatic carbocycles. The molecule has 16 nitrogen and oxygen atoms in total. The Balaban J connectivity index is 2.33. The zero-order valence-electron chi connectivity index (χ0n) is 28.8. The molecule has 2 rings (SSSR count). The Kier molecular flexibility index (Phi) is 18.7. The number of ether oxygens (including phenoxy) is 1. The molecule has 0 aliphatic rings. The molecule has 0 saturated heterocycles. The molecule has 17 heteroatoms. The summed E-state index contributed by atoms with van der Waals surface area (Å²) < 4.78 is 4.86. The number of aliphatic hydroxyl groups is 1. The predicted octanol–water partition coefficient (Wildman–Crippen LogP) is -0.0784. The highest BCUT2D eigenvalue weighted by Crippen LogP contribution is 2.13. The number of carbonyl (C=O) groups is 6. The molecule has 0 aromatic heterocycles. The fourth-order valence-corrected chi connectivity index (χ4v) is 4.97. The number of carboxylic acids is 1. The van der Waals surface area contributed by atoms with Gasteiger partial charge in [0, 0.05) is 25.1 Å². The second-order valence-corrected chi connectivity index (χ2v) is 12.3. The first-order valence-electron chi connectivity index (χ1n) is 16.6. The highest BCUT2D eigenvalue weighted by atomic mass is 32.1. The van der Waals surface area contributed by atoms with Crippen LogP contribution in [0, 0.1) is 0 Å². The van der Waals surface area contributed by atoms with E-state index >= 15 is 0 Å². The number of carbonyl (C=O) groups excluding carboxylic acids is 5. The lowest BCUT2D eigenvalue weighted by molar-refractivity contribution is -0.142. The normalized spacial score (nSPS) is 14.2. The first kappa shape index (κ1) is 43.0. The molecule has 6 atom stereocenters. The summed E-state index contributed by atoms with van der Waals surface area (Å²) in [7, 11) is 0. The monoisotopic (exact) mass is 744 g/mol. The van der Waals surface area contributed by atoms with Crippen molar-refractivity contribution in [3.8, 4) is 5.75 Å². The Hall–Kier alpha value is -5.13. The van der Waals surface area contributed by atoms with Crippen LogP contribution in [0.3, 0.4) is 0 Å². The number of carboxylic acid groups (broad SMARTS) is 1. The van der Waals surface area contributed by atoms with Gasteiger partial charge in [-0.15, -0.1) is 0 Å². The maximum absolute atomic E-state index is 13.9. The zero-order valence-corrected chi connectivity index (χ0v) is 29.7. The van der Waals surface area contributed by atoms with Crippen LogP contribution in [-0.4, -0.2) is 106 Å². The van der Waals surface area contributed by atoms with Crippen molar-refractivity contribution in [2.75, 3.05) is 18.9 Å². The van der Waals surface area contributed by atoms with Crippen molar-refractivity contribution >= 4 is 48.3 Å². The molecule has 0 unspecified atom stereocenters. The van der Waals surface area contributed by atoms with Gasteiger partial charge < -0.3 is 52.4 Å². The Labute approximate surface area is 307 Å². The van der Waals surface area contributed by atoms with Crippen LogP contribution in [0.1, 0.15) is 37.3 Å². The number of aromatic hydroxyl groups is 1. The molecule has 2 aromatic rings. The summed E-state index contributed by atoms with van der Waals surface area (Å²) in [6.07, 6.45) is -0.252. The molecule has 0 aliphatic heterocycles. The van der Waals surface area contributed by atoms with Crippen molar-refractivity contribution in [1.82, 2.24) is 26.6 Å². The summed E-state index contributed by atoms with van der Waals surface area (Å²) in [6.45, 7) is 4.90. The van der Waals surface area contributed by atoms with E-state index in [9.17, 15) is 44.1 Å². The number of nitrogens with one attached hydrogen (secondary N) is 5. The molecule has 0 heterocycles. The second-order valence-electron chi connectivity index (χ2n) is 11.9. The topological polar surface area (TPSA) is 259 Å². The van der Waals surface area contributed by atoms with Crippen LogP contribution in [0.25, 0.3) is 0 Å². The fourth-order valence-electron chi connectivity index (χ4n) is 4.80. The quantitative estimate of drug-likeness (QED) is 0.0433. The van der Waals surface area contributed by atoms with E-state index in [1.165, 1.54) is 37.3 Å². The van der Waals surface area contributed by atoms with Gasteiger partial charge in [0.25, 0.3) is 0 Å². The predicted molar refractivity (Wildman–Crippen MR) is 194 cm³/mol. The largest absolute Gasteiger partial charge is 0.508 e. The van der Waals surface area contributed by atoms with Gasteiger partial charge in [0.1, 0.15) is 36.5 Å². The first-order valence-corrected chi connectivity index (χ1v) is 17.2. The third kappa shape index (κ3) is 15.4. The molecule has 0 fully saturated rings. The van der Waals surface area contributed by atoms with Gasteiger partial charge in [-0.2, -0.15) is 12.6 Å². The number of phenolic OH excluding ortho intramolecular Hbond substituents is 1. The Morgan fingerprint density at radius 3 is 2.00 bits per heavy atom. The van der Waals surface area contributed by atoms with E-state index in [2.05, 4.69) is 45.8 Å². The summed E-state index contributed by atoms with van der Waals surface area (Å²) in [6, 6.07) is 7.83. The van der Waals surface area contributed by atoms with Crippen molar-refractivity contribution in [1.29, 1.82) is 0 Å². The lowest BCUT2D eigenvalue weighted by atomic mass is 10.0. The van der Waals surface area contributed by atoms with Gasteiger partial charge in [0.05, 0.1) is 12.1 Å². The zero-order chi connectivity index (χ0) is 38.6. The third-order valence-electron chi connectivity index (χ3n) is 7.66. The van der Waals surface area contributed by atoms with E-state index in [1.807, 2.05) is 0 Å². The first-order chi connectivity index (χ1) is 24.7. The lowest BCUT2D eigenvalue weighted by Crippen LogP contribution is -2.60. The van der Waals surface area contributed by atoms with E-state index in [4.69, 9.17) is 10.5 Å². The maximum Gasteiger partial charge on any atom is 0.407 e. The molecule has 0 aliphatic carbocycles. The number of amides is 5. The summed E-state index contributed by atoms with van der Waals surface area (Å²) in [5.41, 5.74) is 6.87. The van der Waals surface area contributed by atoms with E-state index in [0.717, 1.165) is 0 Å². The van der Waals surface area contributed by atoms with Crippen LogP contribution in [0.15, 0.2) is 67.3 Å². The van der Waals surface area contributed by atoms with Crippen LogP contribution < -0.4 is 32.3 Å². The van der Waals surface area contributed by atoms with Crippen molar-refractivity contribution in [2.45, 2.75) is 75.3 Å². The number of rotatable bonds is 22. The standard InChI is InChI=1S/C35H48N6O10S/c1-3-17-51-35(50)37-16-8-7-11-26(38-33(47)29(21(2)42)41-30(44)25(36)20-52)31(45)39-27(18-23-12-14-24(43)15-13-23)32(46)40-28(34(48)49)19-22-9-5-4-6-10-22/h3-6,9-10,12-15,21,25-29,42-43,52H,1,7-8,11,16-20,36H2,2H3,(H,37,50)(H,38,47)(H,39,45)(H,40,46)(H,41,44)(H,48,49)/t21-,25+,26+,27+,28+,29+/m1/s1. The molecule has 0 saturated carbocycles. The average molecular weight is 745 g/mol. The van der Waals surface area contributed by atoms with E-state index in [-0.39, 0.29) is 50.3 Å². The van der Waals surface area contributed by atoms with Gasteiger partial charge in [-0.25, -0.2) is 9.59 Å². The Bertz CT molecular complexity index is 1490. The fraction of sp³-hybridized carbons (Fsp3) is 0.429. The number of phenols is 1. The number of unbranched alkanes of at least 4 members (excludes halogenated alkanes) is 1. The van der Waals surface area contributed by atoms with Crippen LogP contribution in [0.5, 0.6) is 5.75 Å². The van der Waals surface area contributed by atoms with E-state index < -0.39 is 72.0 Å². The number of hydrogen-bond donors (Lipinski definition) is 10. The van der Waals surface area contributed by atoms with Gasteiger partial charge in [-0.1, -0.05) is 55.1 Å². The summed E-state index contributed by atoms with van der Waals surface area (Å²) in [5, 5.41) is 42.5. The number of thiol groups is 1. The number of alkyl carbamates (subject to hydrolysis) is 1. The number of aliphatic hydroxyl groups excluding tert-OH is 1. The number of nitrogens with two attached hydrogens (primary N) is 1.